The fourth-order valence-electron chi connectivity index (χ4n) is 1.29. The summed E-state index contributed by atoms with van der Waals surface area (Å²) in [6.07, 6.45) is 3.41. The normalized spacial score (nSPS) is 9.60. The molecule has 4 heteroatoms. The lowest BCUT2D eigenvalue weighted by molar-refractivity contribution is 1.04. The van der Waals surface area contributed by atoms with E-state index in [2.05, 4.69) is 15.0 Å². The molecule has 0 saturated heterocycles. The quantitative estimate of drug-likeness (QED) is 0.696. The molecule has 0 atom stereocenters. The molecule has 2 aromatic heterocycles. The Balaban J connectivity index is 2.55. The highest BCUT2D eigenvalue weighted by molar-refractivity contribution is 5.58. The maximum absolute atomic E-state index is 8.78. The molecule has 0 bridgehead atoms. The van der Waals surface area contributed by atoms with E-state index < -0.39 is 0 Å². The number of hydrogen-bond donors (Lipinski definition) is 0. The van der Waals surface area contributed by atoms with Crippen LogP contribution >= 0.6 is 0 Å². The molecule has 2 aromatic rings. The van der Waals surface area contributed by atoms with E-state index in [4.69, 9.17) is 5.26 Å². The SMILES string of the molecule is Cc1nc(C#N)cc(-c2cccnc2)n1. The van der Waals surface area contributed by atoms with Gasteiger partial charge in [-0.15, -0.1) is 0 Å². The van der Waals surface area contributed by atoms with Gasteiger partial charge in [0.1, 0.15) is 17.6 Å². The molecular formula is C11H8N4. The molecule has 0 radical (unpaired) electrons. The summed E-state index contributed by atoms with van der Waals surface area (Å²) in [6, 6.07) is 7.39. The zero-order valence-corrected chi connectivity index (χ0v) is 8.18. The Morgan fingerprint density at radius 2 is 2.20 bits per heavy atom. The summed E-state index contributed by atoms with van der Waals surface area (Å²) in [5.74, 6) is 0.591. The average Bonchev–Trinajstić information content (AvgIpc) is 2.29. The van der Waals surface area contributed by atoms with Crippen LogP contribution in [-0.4, -0.2) is 15.0 Å². The topological polar surface area (TPSA) is 62.5 Å². The molecule has 0 spiro atoms. The number of hydrogen-bond acceptors (Lipinski definition) is 4. The van der Waals surface area contributed by atoms with E-state index in [9.17, 15) is 0 Å². The van der Waals surface area contributed by atoms with Gasteiger partial charge in [-0.1, -0.05) is 0 Å². The largest absolute Gasteiger partial charge is 0.264 e. The van der Waals surface area contributed by atoms with Crippen molar-refractivity contribution in [2.45, 2.75) is 6.92 Å². The number of nitriles is 1. The van der Waals surface area contributed by atoms with Crippen LogP contribution in [0.2, 0.25) is 0 Å². The summed E-state index contributed by atoms with van der Waals surface area (Å²) in [5.41, 5.74) is 1.99. The minimum Gasteiger partial charge on any atom is -0.264 e. The maximum atomic E-state index is 8.78. The van der Waals surface area contributed by atoms with E-state index in [1.165, 1.54) is 0 Å². The first kappa shape index (κ1) is 9.28. The third kappa shape index (κ3) is 1.97. The van der Waals surface area contributed by atoms with Crippen LogP contribution in [0.15, 0.2) is 30.6 Å². The third-order valence-corrected chi connectivity index (χ3v) is 1.91. The highest BCUT2D eigenvalue weighted by Gasteiger charge is 2.03. The third-order valence-electron chi connectivity index (χ3n) is 1.91. The molecule has 15 heavy (non-hydrogen) atoms. The van der Waals surface area contributed by atoms with E-state index in [-0.39, 0.29) is 0 Å². The first-order valence-corrected chi connectivity index (χ1v) is 4.46. The van der Waals surface area contributed by atoms with Crippen molar-refractivity contribution in [3.63, 3.8) is 0 Å². The van der Waals surface area contributed by atoms with E-state index in [0.717, 1.165) is 11.3 Å². The van der Waals surface area contributed by atoms with Crippen LogP contribution in [0, 0.1) is 18.3 Å². The molecule has 0 aromatic carbocycles. The zero-order chi connectivity index (χ0) is 10.7. The second-order valence-electron chi connectivity index (χ2n) is 3.04. The minimum absolute atomic E-state index is 0.376. The molecule has 0 aliphatic carbocycles. The molecule has 0 unspecified atom stereocenters. The van der Waals surface area contributed by atoms with Crippen molar-refractivity contribution in [1.82, 2.24) is 15.0 Å². The number of nitrogens with zero attached hydrogens (tertiary/aromatic N) is 4. The zero-order valence-electron chi connectivity index (χ0n) is 8.18. The van der Waals surface area contributed by atoms with E-state index >= 15 is 0 Å². The minimum atomic E-state index is 0.376. The van der Waals surface area contributed by atoms with Gasteiger partial charge in [-0.05, 0) is 19.1 Å². The second-order valence-corrected chi connectivity index (χ2v) is 3.04. The Morgan fingerprint density at radius 1 is 1.33 bits per heavy atom. The van der Waals surface area contributed by atoms with Gasteiger partial charge in [0, 0.05) is 24.0 Å². The molecule has 2 rings (SSSR count). The number of aryl methyl sites for hydroxylation is 1. The molecule has 4 nitrogen and oxygen atoms in total. The molecular weight excluding hydrogens is 188 g/mol. The molecule has 0 aliphatic heterocycles. The highest BCUT2D eigenvalue weighted by Crippen LogP contribution is 2.15. The molecule has 72 valence electrons. The van der Waals surface area contributed by atoms with Crippen molar-refractivity contribution in [2.75, 3.05) is 0 Å². The highest BCUT2D eigenvalue weighted by atomic mass is 14.9. The van der Waals surface area contributed by atoms with Gasteiger partial charge in [-0.2, -0.15) is 5.26 Å². The van der Waals surface area contributed by atoms with Crippen molar-refractivity contribution in [3.05, 3.63) is 42.1 Å². The van der Waals surface area contributed by atoms with Gasteiger partial charge in [0.15, 0.2) is 0 Å². The molecule has 2 heterocycles. The van der Waals surface area contributed by atoms with Gasteiger partial charge in [-0.3, -0.25) is 4.98 Å². The van der Waals surface area contributed by atoms with Crippen molar-refractivity contribution in [1.29, 1.82) is 5.26 Å². The number of rotatable bonds is 1. The van der Waals surface area contributed by atoms with Crippen molar-refractivity contribution >= 4 is 0 Å². The molecule has 0 N–H and O–H groups in total. The number of pyridine rings is 1. The van der Waals surface area contributed by atoms with Crippen LogP contribution in [0.1, 0.15) is 11.5 Å². The first-order valence-electron chi connectivity index (χ1n) is 4.46. The summed E-state index contributed by atoms with van der Waals surface area (Å²) < 4.78 is 0. The summed E-state index contributed by atoms with van der Waals surface area (Å²) in [4.78, 5) is 12.2. The van der Waals surface area contributed by atoms with Crippen LogP contribution in [-0.2, 0) is 0 Å². The standard InChI is InChI=1S/C11H8N4/c1-8-14-10(6-12)5-11(15-8)9-3-2-4-13-7-9/h2-5,7H,1H3. The first-order chi connectivity index (χ1) is 7.29. The van der Waals surface area contributed by atoms with Gasteiger partial charge < -0.3 is 0 Å². The summed E-state index contributed by atoms with van der Waals surface area (Å²) >= 11 is 0. The van der Waals surface area contributed by atoms with Gasteiger partial charge in [0.2, 0.25) is 0 Å². The van der Waals surface area contributed by atoms with Crippen molar-refractivity contribution in [2.24, 2.45) is 0 Å². The van der Waals surface area contributed by atoms with Crippen LogP contribution < -0.4 is 0 Å². The Kier molecular flexibility index (Phi) is 2.38. The van der Waals surface area contributed by atoms with Gasteiger partial charge in [0.05, 0.1) is 5.69 Å². The fourth-order valence-corrected chi connectivity index (χ4v) is 1.29. The maximum Gasteiger partial charge on any atom is 0.144 e. The van der Waals surface area contributed by atoms with Crippen molar-refractivity contribution in [3.8, 4) is 17.3 Å². The molecule has 0 aliphatic rings. The lowest BCUT2D eigenvalue weighted by Crippen LogP contribution is -1.94. The number of aromatic nitrogens is 3. The monoisotopic (exact) mass is 196 g/mol. The van der Waals surface area contributed by atoms with E-state index in [0.29, 0.717) is 11.5 Å². The van der Waals surface area contributed by atoms with Crippen LogP contribution in [0.5, 0.6) is 0 Å². The Labute approximate surface area is 87.3 Å². The molecule has 0 saturated carbocycles. The van der Waals surface area contributed by atoms with Crippen LogP contribution in [0.3, 0.4) is 0 Å². The predicted molar refractivity (Wildman–Crippen MR) is 54.7 cm³/mol. The summed E-state index contributed by atoms with van der Waals surface area (Å²) in [7, 11) is 0. The van der Waals surface area contributed by atoms with Crippen LogP contribution in [0.25, 0.3) is 11.3 Å². The van der Waals surface area contributed by atoms with Crippen LogP contribution in [0.4, 0.5) is 0 Å². The Bertz CT molecular complexity index is 514. The smallest absolute Gasteiger partial charge is 0.144 e. The summed E-state index contributed by atoms with van der Waals surface area (Å²) in [6.45, 7) is 1.76. The van der Waals surface area contributed by atoms with Crippen molar-refractivity contribution < 1.29 is 0 Å². The molecule has 0 amide bonds. The Morgan fingerprint density at radius 3 is 2.87 bits per heavy atom. The second kappa shape index (κ2) is 3.84. The Hall–Kier alpha value is -2.28. The van der Waals surface area contributed by atoms with Gasteiger partial charge in [0.25, 0.3) is 0 Å². The molecule has 0 fully saturated rings. The lowest BCUT2D eigenvalue weighted by atomic mass is 10.2. The fraction of sp³-hybridized carbons (Fsp3) is 0.0909. The lowest BCUT2D eigenvalue weighted by Gasteiger charge is -2.01. The van der Waals surface area contributed by atoms with Gasteiger partial charge in [-0.25, -0.2) is 9.97 Å². The van der Waals surface area contributed by atoms with Gasteiger partial charge >= 0.3 is 0 Å². The van der Waals surface area contributed by atoms with E-state index in [1.807, 2.05) is 18.2 Å². The average molecular weight is 196 g/mol. The van der Waals surface area contributed by atoms with E-state index in [1.54, 1.807) is 25.4 Å². The summed E-state index contributed by atoms with van der Waals surface area (Å²) in [5, 5.41) is 8.78. The predicted octanol–water partition coefficient (Wildman–Crippen LogP) is 1.72.